The highest BCUT2D eigenvalue weighted by atomic mass is 35.5. The summed E-state index contributed by atoms with van der Waals surface area (Å²) in [7, 11) is 3.65. The first-order valence-electron chi connectivity index (χ1n) is 9.59. The van der Waals surface area contributed by atoms with Crippen molar-refractivity contribution >= 4 is 29.1 Å². The minimum Gasteiger partial charge on any atom is -0.495 e. The number of nitrogens with one attached hydrogen (secondary N) is 1. The van der Waals surface area contributed by atoms with Gasteiger partial charge in [0.25, 0.3) is 0 Å². The Morgan fingerprint density at radius 1 is 1.07 bits per heavy atom. The molecule has 1 aliphatic heterocycles. The van der Waals surface area contributed by atoms with Gasteiger partial charge in [-0.05, 0) is 50.9 Å². The Morgan fingerprint density at radius 3 is 2.33 bits per heavy atom. The summed E-state index contributed by atoms with van der Waals surface area (Å²) in [6.45, 7) is 3.49. The van der Waals surface area contributed by atoms with E-state index in [-0.39, 0.29) is 23.7 Å². The highest BCUT2D eigenvalue weighted by Gasteiger charge is 2.33. The third-order valence-electron chi connectivity index (χ3n) is 5.68. The van der Waals surface area contributed by atoms with Gasteiger partial charge < -0.3 is 19.9 Å². The number of likely N-dealkylation sites (N-methyl/N-ethyl adjacent to an activating group) is 1. The van der Waals surface area contributed by atoms with Crippen molar-refractivity contribution < 1.29 is 14.3 Å². The fraction of sp³-hybridized carbons (Fsp3) is 0.600. The maximum atomic E-state index is 12.7. The van der Waals surface area contributed by atoms with E-state index in [1.165, 1.54) is 0 Å². The Hall–Kier alpha value is -1.79. The molecule has 0 atom stereocenters. The molecule has 27 heavy (non-hydrogen) atoms. The average Bonchev–Trinajstić information content (AvgIpc) is 2.68. The Morgan fingerprint density at radius 2 is 1.70 bits per heavy atom. The van der Waals surface area contributed by atoms with Gasteiger partial charge in [-0.25, -0.2) is 0 Å². The van der Waals surface area contributed by atoms with Crippen molar-refractivity contribution in [3.05, 3.63) is 23.2 Å². The van der Waals surface area contributed by atoms with Crippen LogP contribution in [0.3, 0.4) is 0 Å². The first-order valence-corrected chi connectivity index (χ1v) is 9.97. The van der Waals surface area contributed by atoms with E-state index >= 15 is 0 Å². The van der Waals surface area contributed by atoms with Crippen molar-refractivity contribution in [1.82, 2.24) is 9.80 Å². The maximum absolute atomic E-state index is 12.7. The molecule has 3 rings (SSSR count). The molecule has 1 saturated heterocycles. The van der Waals surface area contributed by atoms with Crippen LogP contribution >= 0.6 is 11.6 Å². The molecular weight excluding hydrogens is 366 g/mol. The molecule has 0 radical (unpaired) electrons. The summed E-state index contributed by atoms with van der Waals surface area (Å²) in [5.74, 6) is 0.801. The summed E-state index contributed by atoms with van der Waals surface area (Å²) in [5, 5.41) is 3.48. The predicted molar refractivity (Wildman–Crippen MR) is 106 cm³/mol. The number of anilines is 1. The second-order valence-corrected chi connectivity index (χ2v) is 7.95. The van der Waals surface area contributed by atoms with Gasteiger partial charge in [-0.2, -0.15) is 0 Å². The van der Waals surface area contributed by atoms with Crippen molar-refractivity contribution in [3.63, 3.8) is 0 Å². The van der Waals surface area contributed by atoms with E-state index < -0.39 is 0 Å². The summed E-state index contributed by atoms with van der Waals surface area (Å²) >= 11 is 6.03. The topological polar surface area (TPSA) is 61.9 Å². The molecule has 2 aliphatic rings. The van der Waals surface area contributed by atoms with Crippen molar-refractivity contribution in [1.29, 1.82) is 0 Å². The van der Waals surface area contributed by atoms with E-state index in [0.29, 0.717) is 16.5 Å². The molecule has 1 saturated carbocycles. The number of hydrogen-bond donors (Lipinski definition) is 1. The number of piperazine rings is 1. The van der Waals surface area contributed by atoms with Crippen LogP contribution in [-0.2, 0) is 9.59 Å². The molecule has 2 amide bonds. The van der Waals surface area contributed by atoms with Crippen LogP contribution in [0, 0.1) is 11.8 Å². The van der Waals surface area contributed by atoms with Gasteiger partial charge in [0.1, 0.15) is 5.75 Å². The summed E-state index contributed by atoms with van der Waals surface area (Å²) in [4.78, 5) is 29.6. The van der Waals surface area contributed by atoms with Gasteiger partial charge in [0, 0.05) is 43.0 Å². The number of amides is 2. The number of methoxy groups -OCH3 is 1. The number of nitrogens with zero attached hydrogens (tertiary/aromatic N) is 2. The molecule has 0 unspecified atom stereocenters. The van der Waals surface area contributed by atoms with Crippen LogP contribution in [0.15, 0.2) is 18.2 Å². The number of hydrogen-bond acceptors (Lipinski definition) is 4. The number of rotatable bonds is 4. The summed E-state index contributed by atoms with van der Waals surface area (Å²) < 4.78 is 5.28. The predicted octanol–water partition coefficient (Wildman–Crippen LogP) is 2.87. The minimum absolute atomic E-state index is 0.0268. The molecule has 0 aromatic heterocycles. The number of ether oxygens (including phenoxy) is 1. The monoisotopic (exact) mass is 393 g/mol. The standard InChI is InChI=1S/C20H28ClN3O3/c1-23-9-11-24(12-10-23)20(26)15-5-3-14(4-6-15)19(25)22-17-13-16(21)7-8-18(17)27-2/h7-8,13-15H,3-6,9-12H2,1-2H3,(H,22,25). The maximum Gasteiger partial charge on any atom is 0.227 e. The molecule has 148 valence electrons. The van der Waals surface area contributed by atoms with Gasteiger partial charge in [0.05, 0.1) is 12.8 Å². The van der Waals surface area contributed by atoms with E-state index in [1.54, 1.807) is 25.3 Å². The van der Waals surface area contributed by atoms with Crippen LogP contribution in [0.4, 0.5) is 5.69 Å². The number of carbonyl (C=O) groups excluding carboxylic acids is 2. The molecule has 1 aromatic rings. The fourth-order valence-electron chi connectivity index (χ4n) is 3.90. The Kier molecular flexibility index (Phi) is 6.60. The van der Waals surface area contributed by atoms with Crippen LogP contribution < -0.4 is 10.1 Å². The highest BCUT2D eigenvalue weighted by Crippen LogP contribution is 2.33. The largest absolute Gasteiger partial charge is 0.495 e. The van der Waals surface area contributed by atoms with Gasteiger partial charge >= 0.3 is 0 Å². The molecule has 6 nitrogen and oxygen atoms in total. The zero-order valence-electron chi connectivity index (χ0n) is 16.0. The van der Waals surface area contributed by atoms with E-state index in [0.717, 1.165) is 51.9 Å². The van der Waals surface area contributed by atoms with Gasteiger partial charge in [-0.3, -0.25) is 9.59 Å². The Bertz CT molecular complexity index is 681. The average molecular weight is 394 g/mol. The van der Waals surface area contributed by atoms with Crippen molar-refractivity contribution in [2.24, 2.45) is 11.8 Å². The molecule has 1 aromatic carbocycles. The number of halogens is 1. The van der Waals surface area contributed by atoms with E-state index in [4.69, 9.17) is 16.3 Å². The first-order chi connectivity index (χ1) is 13.0. The Labute approximate surface area is 165 Å². The third kappa shape index (κ3) is 4.93. The lowest BCUT2D eigenvalue weighted by atomic mass is 9.80. The number of carbonyl (C=O) groups is 2. The normalized spacial score (nSPS) is 23.7. The quantitative estimate of drug-likeness (QED) is 0.854. The lowest BCUT2D eigenvalue weighted by Crippen LogP contribution is -2.49. The van der Waals surface area contributed by atoms with Crippen LogP contribution in [0.25, 0.3) is 0 Å². The number of benzene rings is 1. The molecule has 2 fully saturated rings. The lowest BCUT2D eigenvalue weighted by molar-refractivity contribution is -0.139. The van der Waals surface area contributed by atoms with Crippen LogP contribution in [0.5, 0.6) is 5.75 Å². The van der Waals surface area contributed by atoms with E-state index in [2.05, 4.69) is 17.3 Å². The highest BCUT2D eigenvalue weighted by molar-refractivity contribution is 6.31. The molecule has 1 heterocycles. The third-order valence-corrected chi connectivity index (χ3v) is 5.92. The Balaban J connectivity index is 1.52. The fourth-order valence-corrected chi connectivity index (χ4v) is 4.07. The second kappa shape index (κ2) is 8.93. The molecule has 7 heteroatoms. The van der Waals surface area contributed by atoms with Crippen LogP contribution in [-0.4, -0.2) is 62.0 Å². The van der Waals surface area contributed by atoms with Gasteiger partial charge in [0.15, 0.2) is 0 Å². The molecule has 1 N–H and O–H groups in total. The van der Waals surface area contributed by atoms with E-state index in [9.17, 15) is 9.59 Å². The van der Waals surface area contributed by atoms with Crippen molar-refractivity contribution in [2.75, 3.05) is 45.7 Å². The second-order valence-electron chi connectivity index (χ2n) is 7.51. The smallest absolute Gasteiger partial charge is 0.227 e. The summed E-state index contributed by atoms with van der Waals surface area (Å²) in [6.07, 6.45) is 3.02. The minimum atomic E-state index is -0.0785. The molecule has 0 spiro atoms. The molecule has 0 bridgehead atoms. The van der Waals surface area contributed by atoms with Gasteiger partial charge in [0.2, 0.25) is 11.8 Å². The van der Waals surface area contributed by atoms with Crippen molar-refractivity contribution in [2.45, 2.75) is 25.7 Å². The zero-order valence-corrected chi connectivity index (χ0v) is 16.8. The summed E-state index contributed by atoms with van der Waals surface area (Å²) in [5.41, 5.74) is 0.589. The van der Waals surface area contributed by atoms with Gasteiger partial charge in [-0.15, -0.1) is 0 Å². The SMILES string of the molecule is COc1ccc(Cl)cc1NC(=O)C1CCC(C(=O)N2CCN(C)CC2)CC1. The molecular formula is C20H28ClN3O3. The first kappa shape index (κ1) is 20.0. The lowest BCUT2D eigenvalue weighted by Gasteiger charge is -2.36. The summed E-state index contributed by atoms with van der Waals surface area (Å²) in [6, 6.07) is 5.16. The molecule has 1 aliphatic carbocycles. The van der Waals surface area contributed by atoms with Crippen LogP contribution in [0.2, 0.25) is 5.02 Å². The zero-order chi connectivity index (χ0) is 19.4. The van der Waals surface area contributed by atoms with Gasteiger partial charge in [-0.1, -0.05) is 11.6 Å². The van der Waals surface area contributed by atoms with E-state index in [1.807, 2.05) is 4.90 Å². The van der Waals surface area contributed by atoms with Crippen LogP contribution in [0.1, 0.15) is 25.7 Å². The van der Waals surface area contributed by atoms with Crippen molar-refractivity contribution in [3.8, 4) is 5.75 Å².